The van der Waals surface area contributed by atoms with E-state index in [9.17, 15) is 14.7 Å². The number of hydrogen-bond acceptors (Lipinski definition) is 4. The molecule has 0 radical (unpaired) electrons. The molecule has 1 aliphatic rings. The Morgan fingerprint density at radius 2 is 1.95 bits per heavy atom. The number of nitrogens with zero attached hydrogens (tertiary/aromatic N) is 1. The molecule has 1 rings (SSSR count). The van der Waals surface area contributed by atoms with Crippen molar-refractivity contribution in [2.24, 2.45) is 5.92 Å². The lowest BCUT2D eigenvalue weighted by Crippen LogP contribution is -2.46. The van der Waals surface area contributed by atoms with Crippen LogP contribution in [0.5, 0.6) is 0 Å². The largest absolute Gasteiger partial charge is 0.469 e. The van der Waals surface area contributed by atoms with E-state index in [-0.39, 0.29) is 36.9 Å². The van der Waals surface area contributed by atoms with Gasteiger partial charge in [0.2, 0.25) is 5.91 Å². The first-order valence-corrected chi connectivity index (χ1v) is 7.62. The number of carbonyl (C=O) groups excluding carboxylic acids is 2. The van der Waals surface area contributed by atoms with Crippen molar-refractivity contribution in [1.29, 1.82) is 0 Å². The van der Waals surface area contributed by atoms with Crippen LogP contribution in [-0.4, -0.2) is 48.2 Å². The van der Waals surface area contributed by atoms with Gasteiger partial charge in [-0.1, -0.05) is 26.2 Å². The Hall–Kier alpha value is -1.10. The minimum absolute atomic E-state index is 0.0574. The lowest BCUT2D eigenvalue weighted by Gasteiger charge is -2.34. The van der Waals surface area contributed by atoms with Gasteiger partial charge in [-0.15, -0.1) is 0 Å². The summed E-state index contributed by atoms with van der Waals surface area (Å²) in [5, 5.41) is 9.46. The summed E-state index contributed by atoms with van der Waals surface area (Å²) in [6.45, 7) is 2.22. The van der Waals surface area contributed by atoms with Gasteiger partial charge >= 0.3 is 5.97 Å². The molecule has 1 unspecified atom stereocenters. The number of carbonyl (C=O) groups is 2. The zero-order valence-corrected chi connectivity index (χ0v) is 12.6. The van der Waals surface area contributed by atoms with E-state index in [0.29, 0.717) is 13.0 Å². The quantitative estimate of drug-likeness (QED) is 0.723. The maximum atomic E-state index is 12.6. The summed E-state index contributed by atoms with van der Waals surface area (Å²) < 4.78 is 4.63. The van der Waals surface area contributed by atoms with E-state index < -0.39 is 0 Å². The van der Waals surface area contributed by atoms with Crippen molar-refractivity contribution >= 4 is 11.9 Å². The first kappa shape index (κ1) is 17.0. The Bertz CT molecular complexity index is 309. The van der Waals surface area contributed by atoms with Crippen LogP contribution in [0.25, 0.3) is 0 Å². The number of methoxy groups -OCH3 is 1. The van der Waals surface area contributed by atoms with Crippen LogP contribution in [0.3, 0.4) is 0 Å². The number of esters is 1. The summed E-state index contributed by atoms with van der Waals surface area (Å²) >= 11 is 0. The highest BCUT2D eigenvalue weighted by Crippen LogP contribution is 2.26. The minimum atomic E-state index is -0.320. The third kappa shape index (κ3) is 4.78. The molecule has 1 atom stereocenters. The zero-order valence-electron chi connectivity index (χ0n) is 12.6. The lowest BCUT2D eigenvalue weighted by atomic mass is 9.88. The second-order valence-corrected chi connectivity index (χ2v) is 5.44. The summed E-state index contributed by atoms with van der Waals surface area (Å²) in [4.78, 5) is 25.6. The Kier molecular flexibility index (Phi) is 7.59. The van der Waals surface area contributed by atoms with Crippen LogP contribution < -0.4 is 0 Å². The molecule has 0 heterocycles. The van der Waals surface area contributed by atoms with E-state index in [4.69, 9.17) is 0 Å². The second kappa shape index (κ2) is 8.95. The molecule has 1 N–H and O–H groups in total. The van der Waals surface area contributed by atoms with Crippen molar-refractivity contribution < 1.29 is 19.4 Å². The van der Waals surface area contributed by atoms with Crippen molar-refractivity contribution in [1.82, 2.24) is 4.90 Å². The fourth-order valence-electron chi connectivity index (χ4n) is 2.82. The van der Waals surface area contributed by atoms with Crippen LogP contribution in [0.2, 0.25) is 0 Å². The molecule has 1 saturated carbocycles. The maximum absolute atomic E-state index is 12.6. The number of ether oxygens (including phenoxy) is 1. The molecular formula is C15H27NO4. The van der Waals surface area contributed by atoms with Gasteiger partial charge in [-0.25, -0.2) is 0 Å². The molecule has 0 aromatic heterocycles. The SMILES string of the molecule is CCC(CO)N(CCC(=O)OC)C(=O)C1CCCCC1. The van der Waals surface area contributed by atoms with Crippen LogP contribution in [0.15, 0.2) is 0 Å². The predicted octanol–water partition coefficient (Wildman–Crippen LogP) is 1.73. The number of amides is 1. The van der Waals surface area contributed by atoms with E-state index >= 15 is 0 Å². The monoisotopic (exact) mass is 285 g/mol. The lowest BCUT2D eigenvalue weighted by molar-refractivity contribution is -0.144. The minimum Gasteiger partial charge on any atom is -0.469 e. The maximum Gasteiger partial charge on any atom is 0.307 e. The molecule has 0 saturated heterocycles. The molecule has 0 aliphatic heterocycles. The average molecular weight is 285 g/mol. The van der Waals surface area contributed by atoms with Crippen LogP contribution in [0, 0.1) is 5.92 Å². The van der Waals surface area contributed by atoms with Crippen LogP contribution in [0.1, 0.15) is 51.9 Å². The molecule has 20 heavy (non-hydrogen) atoms. The standard InChI is InChI=1S/C15H27NO4/c1-3-13(11-17)16(10-9-14(18)20-2)15(19)12-7-5-4-6-8-12/h12-13,17H,3-11H2,1-2H3. The third-order valence-electron chi connectivity index (χ3n) is 4.14. The third-order valence-corrected chi connectivity index (χ3v) is 4.14. The van der Waals surface area contributed by atoms with Gasteiger partial charge in [-0.3, -0.25) is 9.59 Å². The van der Waals surface area contributed by atoms with E-state index in [1.807, 2.05) is 6.92 Å². The molecule has 1 fully saturated rings. The smallest absolute Gasteiger partial charge is 0.307 e. The second-order valence-electron chi connectivity index (χ2n) is 5.44. The van der Waals surface area contributed by atoms with Gasteiger partial charge in [-0.2, -0.15) is 0 Å². The summed E-state index contributed by atoms with van der Waals surface area (Å²) in [7, 11) is 1.35. The molecule has 0 bridgehead atoms. The highest BCUT2D eigenvalue weighted by Gasteiger charge is 2.29. The van der Waals surface area contributed by atoms with Crippen LogP contribution in [0.4, 0.5) is 0 Å². The molecular weight excluding hydrogens is 258 g/mol. The molecule has 1 amide bonds. The molecule has 0 aromatic carbocycles. The molecule has 5 nitrogen and oxygen atoms in total. The van der Waals surface area contributed by atoms with Gasteiger partial charge in [0, 0.05) is 12.5 Å². The molecule has 0 spiro atoms. The van der Waals surface area contributed by atoms with E-state index in [1.165, 1.54) is 13.5 Å². The molecule has 116 valence electrons. The topological polar surface area (TPSA) is 66.8 Å². The number of rotatable bonds is 7. The van der Waals surface area contributed by atoms with Gasteiger partial charge in [0.25, 0.3) is 0 Å². The van der Waals surface area contributed by atoms with Crippen molar-refractivity contribution in [2.75, 3.05) is 20.3 Å². The first-order valence-electron chi connectivity index (χ1n) is 7.62. The van der Waals surface area contributed by atoms with Gasteiger partial charge in [0.05, 0.1) is 26.2 Å². The Morgan fingerprint density at radius 3 is 2.45 bits per heavy atom. The van der Waals surface area contributed by atoms with Crippen molar-refractivity contribution in [3.8, 4) is 0 Å². The van der Waals surface area contributed by atoms with Crippen LogP contribution >= 0.6 is 0 Å². The molecule has 1 aliphatic carbocycles. The summed E-state index contributed by atoms with van der Waals surface area (Å²) in [5.41, 5.74) is 0. The summed E-state index contributed by atoms with van der Waals surface area (Å²) in [6, 6.07) is -0.200. The van der Waals surface area contributed by atoms with Crippen molar-refractivity contribution in [2.45, 2.75) is 57.9 Å². The summed E-state index contributed by atoms with van der Waals surface area (Å²) in [5.74, 6) is -0.171. The van der Waals surface area contributed by atoms with Gasteiger partial charge < -0.3 is 14.7 Å². The predicted molar refractivity (Wildman–Crippen MR) is 76.1 cm³/mol. The van der Waals surface area contributed by atoms with Crippen molar-refractivity contribution in [3.05, 3.63) is 0 Å². The normalized spacial score (nSPS) is 17.6. The Labute approximate surface area is 121 Å². The highest BCUT2D eigenvalue weighted by molar-refractivity contribution is 5.80. The van der Waals surface area contributed by atoms with E-state index in [0.717, 1.165) is 25.7 Å². The number of hydrogen-bond donors (Lipinski definition) is 1. The number of aliphatic hydroxyl groups is 1. The average Bonchev–Trinajstić information content (AvgIpc) is 2.51. The Balaban J connectivity index is 2.68. The van der Waals surface area contributed by atoms with E-state index in [1.54, 1.807) is 4.90 Å². The molecule has 0 aromatic rings. The first-order chi connectivity index (χ1) is 9.63. The van der Waals surface area contributed by atoms with Gasteiger partial charge in [0.1, 0.15) is 0 Å². The Morgan fingerprint density at radius 1 is 1.30 bits per heavy atom. The zero-order chi connectivity index (χ0) is 15.0. The van der Waals surface area contributed by atoms with Gasteiger partial charge in [0.15, 0.2) is 0 Å². The number of aliphatic hydroxyl groups excluding tert-OH is 1. The van der Waals surface area contributed by atoms with Gasteiger partial charge in [-0.05, 0) is 19.3 Å². The fourth-order valence-corrected chi connectivity index (χ4v) is 2.82. The summed E-state index contributed by atoms with van der Waals surface area (Å²) in [6.07, 6.45) is 6.11. The van der Waals surface area contributed by atoms with Crippen LogP contribution in [-0.2, 0) is 14.3 Å². The van der Waals surface area contributed by atoms with E-state index in [2.05, 4.69) is 4.74 Å². The van der Waals surface area contributed by atoms with Crippen molar-refractivity contribution in [3.63, 3.8) is 0 Å². The molecule has 5 heteroatoms. The fraction of sp³-hybridized carbons (Fsp3) is 0.867. The highest BCUT2D eigenvalue weighted by atomic mass is 16.5.